The molecule has 0 fully saturated rings. The average molecular weight is 239 g/mol. The lowest BCUT2D eigenvalue weighted by atomic mass is 10.2. The maximum absolute atomic E-state index is 10.9. The lowest BCUT2D eigenvalue weighted by molar-refractivity contribution is -0.385. The molecule has 0 unspecified atom stereocenters. The Hall–Kier alpha value is -2.15. The van der Waals surface area contributed by atoms with Gasteiger partial charge < -0.3 is 4.74 Å². The van der Waals surface area contributed by atoms with Gasteiger partial charge in [-0.3, -0.25) is 20.3 Å². The van der Waals surface area contributed by atoms with Crippen LogP contribution in [0, 0.1) is 17.0 Å². The van der Waals surface area contributed by atoms with Crippen LogP contribution in [0.15, 0.2) is 18.2 Å². The topological polar surface area (TPSA) is 107 Å². The molecule has 0 saturated heterocycles. The maximum atomic E-state index is 10.9. The predicted octanol–water partition coefficient (Wildman–Crippen LogP) is 0.662. The van der Waals surface area contributed by atoms with Crippen LogP contribution in [0.2, 0.25) is 0 Å². The third kappa shape index (κ3) is 3.42. The van der Waals surface area contributed by atoms with Gasteiger partial charge in [0.25, 0.3) is 0 Å². The molecule has 0 aliphatic rings. The molecule has 0 heterocycles. The Morgan fingerprint density at radius 2 is 2.29 bits per heavy atom. The van der Waals surface area contributed by atoms with E-state index < -0.39 is 4.92 Å². The third-order valence-electron chi connectivity index (χ3n) is 2.12. The molecule has 0 bridgehead atoms. The molecule has 0 aliphatic carbocycles. The van der Waals surface area contributed by atoms with Crippen molar-refractivity contribution in [1.29, 1.82) is 0 Å². The summed E-state index contributed by atoms with van der Waals surface area (Å²) in [7, 11) is 0. The molecule has 0 aromatic heterocycles. The largest absolute Gasteiger partial charge is 0.486 e. The number of benzene rings is 1. The molecule has 7 nitrogen and oxygen atoms in total. The number of carbonyl (C=O) groups is 1. The number of hydrogen-bond acceptors (Lipinski definition) is 5. The van der Waals surface area contributed by atoms with Crippen molar-refractivity contribution in [1.82, 2.24) is 5.43 Å². The van der Waals surface area contributed by atoms with Gasteiger partial charge in [-0.1, -0.05) is 12.1 Å². The zero-order valence-electron chi connectivity index (χ0n) is 9.30. The number of amides is 1. The summed E-state index contributed by atoms with van der Waals surface area (Å²) in [4.78, 5) is 21.1. The van der Waals surface area contributed by atoms with Crippen LogP contribution in [0.3, 0.4) is 0 Å². The fourth-order valence-corrected chi connectivity index (χ4v) is 1.29. The van der Waals surface area contributed by atoms with Gasteiger partial charge in [-0.15, -0.1) is 0 Å². The van der Waals surface area contributed by atoms with Crippen LogP contribution in [0.4, 0.5) is 5.69 Å². The number of hydrazine groups is 1. The van der Waals surface area contributed by atoms with Gasteiger partial charge in [0.05, 0.1) is 18.0 Å². The molecule has 0 atom stereocenters. The summed E-state index contributed by atoms with van der Waals surface area (Å²) in [5.74, 6) is 4.69. The SMILES string of the molecule is Cc1cccc([N+](=O)[O-])c1OCCC(=O)NN. The van der Waals surface area contributed by atoms with E-state index in [0.717, 1.165) is 0 Å². The van der Waals surface area contributed by atoms with E-state index in [9.17, 15) is 14.9 Å². The summed E-state index contributed by atoms with van der Waals surface area (Å²) in [6.45, 7) is 1.74. The first-order chi connectivity index (χ1) is 8.06. The van der Waals surface area contributed by atoms with E-state index in [1.807, 2.05) is 5.43 Å². The number of ether oxygens (including phenoxy) is 1. The Balaban J connectivity index is 2.76. The molecular formula is C10H13N3O4. The Morgan fingerprint density at radius 3 is 2.88 bits per heavy atom. The van der Waals surface area contributed by atoms with Crippen LogP contribution < -0.4 is 16.0 Å². The number of nitro benzene ring substituents is 1. The molecule has 7 heteroatoms. The minimum Gasteiger partial charge on any atom is -0.486 e. The van der Waals surface area contributed by atoms with E-state index in [1.54, 1.807) is 19.1 Å². The van der Waals surface area contributed by atoms with E-state index in [-0.39, 0.29) is 30.4 Å². The number of nitro groups is 1. The molecule has 1 rings (SSSR count). The Kier molecular flexibility index (Phi) is 4.41. The molecule has 1 aromatic carbocycles. The van der Waals surface area contributed by atoms with Crippen LogP contribution in [-0.4, -0.2) is 17.4 Å². The molecule has 1 aromatic rings. The fraction of sp³-hybridized carbons (Fsp3) is 0.300. The number of rotatable bonds is 5. The van der Waals surface area contributed by atoms with Crippen molar-refractivity contribution in [2.24, 2.45) is 5.84 Å². The van der Waals surface area contributed by atoms with E-state index in [2.05, 4.69) is 0 Å². The summed E-state index contributed by atoms with van der Waals surface area (Å²) in [6.07, 6.45) is 0.0436. The number of nitrogens with one attached hydrogen (secondary N) is 1. The quantitative estimate of drug-likeness (QED) is 0.339. The van der Waals surface area contributed by atoms with Gasteiger partial charge in [0, 0.05) is 6.07 Å². The molecule has 0 aliphatic heterocycles. The fourth-order valence-electron chi connectivity index (χ4n) is 1.29. The van der Waals surface area contributed by atoms with Crippen LogP contribution in [0.5, 0.6) is 5.75 Å². The van der Waals surface area contributed by atoms with Gasteiger partial charge in [-0.05, 0) is 12.5 Å². The zero-order valence-corrected chi connectivity index (χ0v) is 9.30. The Bertz CT molecular complexity index is 434. The third-order valence-corrected chi connectivity index (χ3v) is 2.12. The van der Waals surface area contributed by atoms with E-state index >= 15 is 0 Å². The summed E-state index contributed by atoms with van der Waals surface area (Å²) in [5.41, 5.74) is 2.48. The highest BCUT2D eigenvalue weighted by Crippen LogP contribution is 2.30. The highest BCUT2D eigenvalue weighted by atomic mass is 16.6. The second-order valence-electron chi connectivity index (χ2n) is 3.35. The molecule has 92 valence electrons. The van der Waals surface area contributed by atoms with Gasteiger partial charge in [0.2, 0.25) is 5.91 Å². The minimum atomic E-state index is -0.522. The number of nitrogens with two attached hydrogens (primary N) is 1. The molecule has 3 N–H and O–H groups in total. The number of para-hydroxylation sites is 1. The monoisotopic (exact) mass is 239 g/mol. The van der Waals surface area contributed by atoms with Crippen molar-refractivity contribution in [2.45, 2.75) is 13.3 Å². The number of hydrogen-bond donors (Lipinski definition) is 2. The highest BCUT2D eigenvalue weighted by Gasteiger charge is 2.16. The van der Waals surface area contributed by atoms with Crippen LogP contribution in [-0.2, 0) is 4.79 Å². The van der Waals surface area contributed by atoms with Crippen LogP contribution >= 0.6 is 0 Å². The van der Waals surface area contributed by atoms with Crippen molar-refractivity contribution >= 4 is 11.6 Å². The average Bonchev–Trinajstić information content (AvgIpc) is 2.30. The maximum Gasteiger partial charge on any atom is 0.311 e. The Morgan fingerprint density at radius 1 is 1.59 bits per heavy atom. The van der Waals surface area contributed by atoms with Gasteiger partial charge in [0.1, 0.15) is 0 Å². The molecule has 0 radical (unpaired) electrons. The molecule has 0 saturated carbocycles. The standard InChI is InChI=1S/C10H13N3O4/c1-7-3-2-4-8(13(15)16)10(7)17-6-5-9(14)12-11/h2-4H,5-6,11H2,1H3,(H,12,14). The second kappa shape index (κ2) is 5.80. The predicted molar refractivity (Wildman–Crippen MR) is 60.3 cm³/mol. The minimum absolute atomic E-state index is 0.0364. The van der Waals surface area contributed by atoms with Gasteiger partial charge >= 0.3 is 5.69 Å². The van der Waals surface area contributed by atoms with Gasteiger partial charge in [0.15, 0.2) is 5.75 Å². The van der Waals surface area contributed by atoms with Crippen molar-refractivity contribution in [2.75, 3.05) is 6.61 Å². The van der Waals surface area contributed by atoms with Crippen molar-refractivity contribution < 1.29 is 14.5 Å². The molecule has 0 spiro atoms. The normalized spacial score (nSPS) is 9.76. The van der Waals surface area contributed by atoms with Gasteiger partial charge in [-0.2, -0.15) is 0 Å². The molecular weight excluding hydrogens is 226 g/mol. The first-order valence-corrected chi connectivity index (χ1v) is 4.92. The summed E-state index contributed by atoms with van der Waals surface area (Å²) >= 11 is 0. The molecule has 1 amide bonds. The van der Waals surface area contributed by atoms with Crippen molar-refractivity contribution in [3.63, 3.8) is 0 Å². The lowest BCUT2D eigenvalue weighted by Crippen LogP contribution is -2.31. The first-order valence-electron chi connectivity index (χ1n) is 4.92. The number of nitrogens with zero attached hydrogens (tertiary/aromatic N) is 1. The van der Waals surface area contributed by atoms with E-state index in [1.165, 1.54) is 6.07 Å². The second-order valence-corrected chi connectivity index (χ2v) is 3.35. The molecule has 17 heavy (non-hydrogen) atoms. The van der Waals surface area contributed by atoms with Crippen LogP contribution in [0.1, 0.15) is 12.0 Å². The summed E-state index contributed by atoms with van der Waals surface area (Å²) in [5, 5.41) is 10.8. The number of aryl methyl sites for hydroxylation is 1. The lowest BCUT2D eigenvalue weighted by Gasteiger charge is -2.08. The Labute approximate surface area is 97.7 Å². The first kappa shape index (κ1) is 12.9. The van der Waals surface area contributed by atoms with Crippen LogP contribution in [0.25, 0.3) is 0 Å². The van der Waals surface area contributed by atoms with Crippen molar-refractivity contribution in [3.05, 3.63) is 33.9 Å². The summed E-state index contributed by atoms with van der Waals surface area (Å²) < 4.78 is 5.24. The number of carbonyl (C=O) groups excluding carboxylic acids is 1. The highest BCUT2D eigenvalue weighted by molar-refractivity contribution is 5.75. The summed E-state index contributed by atoms with van der Waals surface area (Å²) in [6, 6.07) is 4.63. The van der Waals surface area contributed by atoms with Crippen molar-refractivity contribution in [3.8, 4) is 5.75 Å². The zero-order chi connectivity index (χ0) is 12.8. The van der Waals surface area contributed by atoms with E-state index in [4.69, 9.17) is 10.6 Å². The van der Waals surface area contributed by atoms with Gasteiger partial charge in [-0.25, -0.2) is 5.84 Å². The van der Waals surface area contributed by atoms with E-state index in [0.29, 0.717) is 5.56 Å². The smallest absolute Gasteiger partial charge is 0.311 e.